The first-order valence-electron chi connectivity index (χ1n) is 8.62. The van der Waals surface area contributed by atoms with E-state index in [0.717, 1.165) is 21.3 Å². The maximum Gasteiger partial charge on any atom is 0.335 e. The van der Waals surface area contributed by atoms with Gasteiger partial charge in [-0.05, 0) is 49.6 Å². The van der Waals surface area contributed by atoms with Gasteiger partial charge in [0.2, 0.25) is 5.88 Å². The van der Waals surface area contributed by atoms with Crippen LogP contribution in [0.15, 0.2) is 63.1 Å². The summed E-state index contributed by atoms with van der Waals surface area (Å²) in [4.78, 5) is 31.1. The molecule has 0 spiro atoms. The number of benzene rings is 2. The Morgan fingerprint density at radius 1 is 1.07 bits per heavy atom. The lowest BCUT2D eigenvalue weighted by Crippen LogP contribution is -2.31. The van der Waals surface area contributed by atoms with Gasteiger partial charge in [-0.15, -0.1) is 0 Å². The molecule has 0 saturated carbocycles. The molecule has 0 fully saturated rings. The highest BCUT2D eigenvalue weighted by atomic mass is 16.3. The molecular formula is C21H21N3O3. The van der Waals surface area contributed by atoms with Crippen molar-refractivity contribution < 1.29 is 5.11 Å². The van der Waals surface area contributed by atoms with E-state index in [1.807, 2.05) is 57.2 Å². The molecule has 0 bridgehead atoms. The molecule has 2 N–H and O–H groups in total. The third-order valence-corrected chi connectivity index (χ3v) is 4.29. The molecular weight excluding hydrogens is 342 g/mol. The quantitative estimate of drug-likeness (QED) is 0.699. The van der Waals surface area contributed by atoms with Crippen molar-refractivity contribution in [1.82, 2.24) is 9.55 Å². The van der Waals surface area contributed by atoms with Crippen LogP contribution in [0.2, 0.25) is 0 Å². The molecule has 0 aliphatic carbocycles. The number of aryl methyl sites for hydroxylation is 2. The molecule has 27 heavy (non-hydrogen) atoms. The van der Waals surface area contributed by atoms with E-state index in [1.54, 1.807) is 12.1 Å². The van der Waals surface area contributed by atoms with Crippen molar-refractivity contribution in [3.8, 4) is 11.6 Å². The molecule has 1 atom stereocenters. The van der Waals surface area contributed by atoms with Gasteiger partial charge in [-0.25, -0.2) is 9.36 Å². The Bertz CT molecular complexity index is 1090. The van der Waals surface area contributed by atoms with Gasteiger partial charge in [-0.3, -0.25) is 14.8 Å². The lowest BCUT2D eigenvalue weighted by molar-refractivity contribution is 0.430. The van der Waals surface area contributed by atoms with E-state index in [0.29, 0.717) is 5.69 Å². The smallest absolute Gasteiger partial charge is 0.335 e. The largest absolute Gasteiger partial charge is 0.493 e. The van der Waals surface area contributed by atoms with Crippen molar-refractivity contribution in [2.75, 3.05) is 0 Å². The molecule has 0 amide bonds. The molecule has 0 unspecified atom stereocenters. The fraction of sp³-hybridized carbons (Fsp3) is 0.190. The standard InChI is InChI=1S/C21H21N3O3/c1-13-9-14(2)11-17(10-13)24-20(26)18(19(25)23-21(24)27)12-22-15(3)16-7-5-4-6-8-16/h4-12,15,26H,1-3H3,(H,23,25,27)/t15-/m1/s1. The summed E-state index contributed by atoms with van der Waals surface area (Å²) in [6, 6.07) is 14.9. The van der Waals surface area contributed by atoms with Crippen molar-refractivity contribution in [3.05, 3.63) is 91.6 Å². The van der Waals surface area contributed by atoms with E-state index in [2.05, 4.69) is 9.98 Å². The number of nitrogens with zero attached hydrogens (tertiary/aromatic N) is 2. The zero-order chi connectivity index (χ0) is 19.6. The third-order valence-electron chi connectivity index (χ3n) is 4.29. The van der Waals surface area contributed by atoms with E-state index in [4.69, 9.17) is 0 Å². The van der Waals surface area contributed by atoms with Crippen LogP contribution in [-0.2, 0) is 0 Å². The van der Waals surface area contributed by atoms with Gasteiger partial charge in [0.15, 0.2) is 0 Å². The topological polar surface area (TPSA) is 87.4 Å². The summed E-state index contributed by atoms with van der Waals surface area (Å²) in [5.74, 6) is -0.433. The molecule has 0 saturated heterocycles. The van der Waals surface area contributed by atoms with Crippen LogP contribution in [0.3, 0.4) is 0 Å². The van der Waals surface area contributed by atoms with Crippen LogP contribution in [0.25, 0.3) is 5.69 Å². The predicted octanol–water partition coefficient (Wildman–Crippen LogP) is 3.03. The normalized spacial score (nSPS) is 12.4. The third kappa shape index (κ3) is 3.89. The summed E-state index contributed by atoms with van der Waals surface area (Å²) in [6.45, 7) is 5.68. The second-order valence-corrected chi connectivity index (χ2v) is 6.54. The van der Waals surface area contributed by atoms with E-state index in [1.165, 1.54) is 6.21 Å². The molecule has 1 heterocycles. The summed E-state index contributed by atoms with van der Waals surface area (Å²) in [7, 11) is 0. The number of aromatic hydroxyl groups is 1. The summed E-state index contributed by atoms with van der Waals surface area (Å²) in [5.41, 5.74) is 1.91. The molecule has 1 aromatic heterocycles. The average Bonchev–Trinajstić information content (AvgIpc) is 2.61. The lowest BCUT2D eigenvalue weighted by Gasteiger charge is -2.12. The molecule has 138 valence electrons. The molecule has 3 rings (SSSR count). The Balaban J connectivity index is 2.08. The number of aromatic amines is 1. The highest BCUT2D eigenvalue weighted by Gasteiger charge is 2.15. The van der Waals surface area contributed by atoms with Crippen LogP contribution in [0.4, 0.5) is 0 Å². The van der Waals surface area contributed by atoms with E-state index < -0.39 is 17.1 Å². The van der Waals surface area contributed by atoms with E-state index >= 15 is 0 Å². The number of aromatic nitrogens is 2. The Labute approximate surface area is 156 Å². The van der Waals surface area contributed by atoms with Gasteiger partial charge < -0.3 is 5.11 Å². The molecule has 3 aromatic rings. The lowest BCUT2D eigenvalue weighted by atomic mass is 10.1. The summed E-state index contributed by atoms with van der Waals surface area (Å²) >= 11 is 0. The van der Waals surface area contributed by atoms with Crippen molar-refractivity contribution in [1.29, 1.82) is 0 Å². The fourth-order valence-electron chi connectivity index (χ4n) is 2.98. The maximum absolute atomic E-state index is 12.3. The number of hydrogen-bond acceptors (Lipinski definition) is 4. The van der Waals surface area contributed by atoms with Crippen LogP contribution in [0.5, 0.6) is 5.88 Å². The first-order valence-corrected chi connectivity index (χ1v) is 8.62. The van der Waals surface area contributed by atoms with Gasteiger partial charge in [0.25, 0.3) is 5.56 Å². The van der Waals surface area contributed by atoms with Crippen molar-refractivity contribution in [2.24, 2.45) is 4.99 Å². The Morgan fingerprint density at radius 3 is 2.33 bits per heavy atom. The van der Waals surface area contributed by atoms with Gasteiger partial charge in [0.1, 0.15) is 5.56 Å². The second kappa shape index (κ2) is 7.45. The number of H-pyrrole nitrogens is 1. The Hall–Kier alpha value is -3.41. The van der Waals surface area contributed by atoms with Crippen LogP contribution < -0.4 is 11.2 Å². The Kier molecular flexibility index (Phi) is 5.07. The molecule has 0 aliphatic heterocycles. The first kappa shape index (κ1) is 18.4. The van der Waals surface area contributed by atoms with Crippen molar-refractivity contribution in [2.45, 2.75) is 26.8 Å². The summed E-state index contributed by atoms with van der Waals surface area (Å²) < 4.78 is 1.08. The van der Waals surface area contributed by atoms with Gasteiger partial charge in [0, 0.05) is 6.21 Å². The molecule has 6 nitrogen and oxygen atoms in total. The zero-order valence-electron chi connectivity index (χ0n) is 15.4. The average molecular weight is 363 g/mol. The van der Waals surface area contributed by atoms with Crippen LogP contribution in [0, 0.1) is 13.8 Å². The fourth-order valence-corrected chi connectivity index (χ4v) is 2.98. The van der Waals surface area contributed by atoms with E-state index in [9.17, 15) is 14.7 Å². The number of nitrogens with one attached hydrogen (secondary N) is 1. The minimum Gasteiger partial charge on any atom is -0.493 e. The highest BCUT2D eigenvalue weighted by Crippen LogP contribution is 2.20. The monoisotopic (exact) mass is 363 g/mol. The predicted molar refractivity (Wildman–Crippen MR) is 106 cm³/mol. The number of hydrogen-bond donors (Lipinski definition) is 2. The van der Waals surface area contributed by atoms with Crippen LogP contribution in [0.1, 0.15) is 35.2 Å². The molecule has 0 aliphatic rings. The van der Waals surface area contributed by atoms with Gasteiger partial charge in [-0.1, -0.05) is 36.4 Å². The number of rotatable bonds is 4. The SMILES string of the molecule is Cc1cc(C)cc(-n2c(O)c(C=N[C@H](C)c3ccccc3)c(=O)[nH]c2=O)c1. The van der Waals surface area contributed by atoms with Crippen molar-refractivity contribution >= 4 is 6.21 Å². The first-order chi connectivity index (χ1) is 12.9. The van der Waals surface area contributed by atoms with Gasteiger partial charge in [-0.2, -0.15) is 0 Å². The van der Waals surface area contributed by atoms with Gasteiger partial charge >= 0.3 is 5.69 Å². The summed E-state index contributed by atoms with van der Waals surface area (Å²) in [6.07, 6.45) is 1.31. The minimum absolute atomic E-state index is 0.0588. The number of aliphatic imine (C=N–C) groups is 1. The Morgan fingerprint density at radius 2 is 1.70 bits per heavy atom. The second-order valence-electron chi connectivity index (χ2n) is 6.54. The molecule has 6 heteroatoms. The van der Waals surface area contributed by atoms with Gasteiger partial charge in [0.05, 0.1) is 11.7 Å². The molecule has 0 radical (unpaired) electrons. The highest BCUT2D eigenvalue weighted by molar-refractivity contribution is 5.82. The summed E-state index contributed by atoms with van der Waals surface area (Å²) in [5, 5.41) is 10.6. The van der Waals surface area contributed by atoms with E-state index in [-0.39, 0.29) is 11.6 Å². The van der Waals surface area contributed by atoms with Crippen LogP contribution >= 0.6 is 0 Å². The minimum atomic E-state index is -0.698. The maximum atomic E-state index is 12.3. The van der Waals surface area contributed by atoms with Crippen LogP contribution in [-0.4, -0.2) is 20.9 Å². The molecule has 2 aromatic carbocycles. The van der Waals surface area contributed by atoms with Crippen molar-refractivity contribution in [3.63, 3.8) is 0 Å². The zero-order valence-corrected chi connectivity index (χ0v) is 15.4.